The molecule has 1 atom stereocenters. The van der Waals surface area contributed by atoms with Gasteiger partial charge in [0.2, 0.25) is 0 Å². The summed E-state index contributed by atoms with van der Waals surface area (Å²) in [5, 5.41) is 27.1. The first kappa shape index (κ1) is 9.19. The largest absolute Gasteiger partial charge is 0.465 e. The standard InChI is InChI=1S/C5H11NO4/c7-3-4(8)1-2-6-5(9)10/h4,6-8H,1-3H2,(H,9,10). The maximum Gasteiger partial charge on any atom is 0.404 e. The van der Waals surface area contributed by atoms with Crippen LogP contribution in [0.4, 0.5) is 4.79 Å². The lowest BCUT2D eigenvalue weighted by atomic mass is 10.3. The van der Waals surface area contributed by atoms with Crippen molar-refractivity contribution >= 4 is 6.09 Å². The number of nitrogens with one attached hydrogen (secondary N) is 1. The fourth-order valence-corrected chi connectivity index (χ4v) is 0.437. The number of carbonyl (C=O) groups is 1. The van der Waals surface area contributed by atoms with Crippen molar-refractivity contribution in [1.29, 1.82) is 0 Å². The highest BCUT2D eigenvalue weighted by Crippen LogP contribution is 1.86. The molecule has 0 spiro atoms. The second kappa shape index (κ2) is 5.01. The molecule has 0 heterocycles. The molecule has 5 nitrogen and oxygen atoms in total. The Hall–Kier alpha value is -0.810. The molecule has 0 aliphatic rings. The Morgan fingerprint density at radius 1 is 1.60 bits per heavy atom. The van der Waals surface area contributed by atoms with E-state index in [-0.39, 0.29) is 19.6 Å². The fraction of sp³-hybridized carbons (Fsp3) is 0.800. The lowest BCUT2D eigenvalue weighted by Crippen LogP contribution is -2.26. The number of aliphatic hydroxyl groups excluding tert-OH is 2. The lowest BCUT2D eigenvalue weighted by Gasteiger charge is -2.05. The Morgan fingerprint density at radius 3 is 2.60 bits per heavy atom. The van der Waals surface area contributed by atoms with E-state index in [4.69, 9.17) is 15.3 Å². The van der Waals surface area contributed by atoms with Gasteiger partial charge in [-0.3, -0.25) is 0 Å². The average Bonchev–Trinajstić information content (AvgIpc) is 1.87. The molecule has 0 radical (unpaired) electrons. The first-order chi connectivity index (χ1) is 4.66. The zero-order chi connectivity index (χ0) is 7.98. The summed E-state index contributed by atoms with van der Waals surface area (Å²) in [5.74, 6) is 0. The third-order valence-electron chi connectivity index (χ3n) is 0.965. The molecule has 4 N–H and O–H groups in total. The third-order valence-corrected chi connectivity index (χ3v) is 0.965. The molecule has 0 bridgehead atoms. The molecule has 0 aromatic rings. The number of carboxylic acid groups (broad SMARTS) is 1. The molecule has 0 rings (SSSR count). The van der Waals surface area contributed by atoms with Gasteiger partial charge in [0.05, 0.1) is 12.7 Å². The van der Waals surface area contributed by atoms with Crippen LogP contribution in [-0.2, 0) is 0 Å². The SMILES string of the molecule is O=C(O)NCCC(O)CO. The van der Waals surface area contributed by atoms with Gasteiger partial charge < -0.3 is 20.6 Å². The van der Waals surface area contributed by atoms with Crippen molar-refractivity contribution in [3.05, 3.63) is 0 Å². The maximum absolute atomic E-state index is 9.81. The lowest BCUT2D eigenvalue weighted by molar-refractivity contribution is 0.0881. The summed E-state index contributed by atoms with van der Waals surface area (Å²) in [6.45, 7) is -0.168. The van der Waals surface area contributed by atoms with Gasteiger partial charge in [0, 0.05) is 6.54 Å². The number of aliphatic hydroxyl groups is 2. The fourth-order valence-electron chi connectivity index (χ4n) is 0.437. The Kier molecular flexibility index (Phi) is 4.61. The second-order valence-electron chi connectivity index (χ2n) is 1.86. The van der Waals surface area contributed by atoms with E-state index >= 15 is 0 Å². The van der Waals surface area contributed by atoms with E-state index in [1.165, 1.54) is 0 Å². The van der Waals surface area contributed by atoms with Gasteiger partial charge >= 0.3 is 6.09 Å². The van der Waals surface area contributed by atoms with E-state index in [0.29, 0.717) is 0 Å². The third kappa shape index (κ3) is 5.33. The molecule has 0 saturated carbocycles. The Bertz CT molecular complexity index is 106. The maximum atomic E-state index is 9.81. The smallest absolute Gasteiger partial charge is 0.404 e. The number of amides is 1. The molecule has 0 aromatic heterocycles. The summed E-state index contributed by atoms with van der Waals surface area (Å²) < 4.78 is 0. The normalized spacial score (nSPS) is 12.6. The minimum atomic E-state index is -1.12. The molecule has 0 fully saturated rings. The predicted octanol–water partition coefficient (Wildman–Crippen LogP) is -1.00. The second-order valence-corrected chi connectivity index (χ2v) is 1.86. The zero-order valence-corrected chi connectivity index (χ0v) is 5.45. The highest BCUT2D eigenvalue weighted by molar-refractivity contribution is 5.64. The number of hydrogen-bond donors (Lipinski definition) is 4. The molecular formula is C5H11NO4. The predicted molar refractivity (Wildman–Crippen MR) is 33.7 cm³/mol. The van der Waals surface area contributed by atoms with Gasteiger partial charge in [-0.15, -0.1) is 0 Å². The van der Waals surface area contributed by atoms with Gasteiger partial charge in [-0.25, -0.2) is 4.79 Å². The minimum Gasteiger partial charge on any atom is -0.465 e. The molecule has 5 heteroatoms. The molecule has 1 unspecified atom stereocenters. The van der Waals surface area contributed by atoms with Gasteiger partial charge in [0.15, 0.2) is 0 Å². The highest BCUT2D eigenvalue weighted by atomic mass is 16.4. The van der Waals surface area contributed by atoms with Gasteiger partial charge in [-0.1, -0.05) is 0 Å². The summed E-state index contributed by atoms with van der Waals surface area (Å²) in [6, 6.07) is 0. The van der Waals surface area contributed by atoms with Crippen LogP contribution in [0.5, 0.6) is 0 Å². The first-order valence-electron chi connectivity index (χ1n) is 2.92. The van der Waals surface area contributed by atoms with Crippen molar-refractivity contribution in [2.45, 2.75) is 12.5 Å². The molecule has 0 saturated heterocycles. The van der Waals surface area contributed by atoms with Crippen molar-refractivity contribution in [1.82, 2.24) is 5.32 Å². The quantitative estimate of drug-likeness (QED) is 0.412. The summed E-state index contributed by atoms with van der Waals surface area (Å²) in [5.41, 5.74) is 0. The van der Waals surface area contributed by atoms with Crippen LogP contribution in [0.2, 0.25) is 0 Å². The molecule has 10 heavy (non-hydrogen) atoms. The molecule has 0 aliphatic carbocycles. The Morgan fingerprint density at radius 2 is 2.20 bits per heavy atom. The van der Waals surface area contributed by atoms with E-state index in [1.54, 1.807) is 0 Å². The number of hydrogen-bond acceptors (Lipinski definition) is 3. The van der Waals surface area contributed by atoms with Crippen LogP contribution in [0.3, 0.4) is 0 Å². The molecular weight excluding hydrogens is 138 g/mol. The molecule has 1 amide bonds. The molecule has 60 valence electrons. The van der Waals surface area contributed by atoms with E-state index < -0.39 is 12.2 Å². The summed E-state index contributed by atoms with van der Waals surface area (Å²) in [4.78, 5) is 9.81. The van der Waals surface area contributed by atoms with E-state index in [2.05, 4.69) is 5.32 Å². The monoisotopic (exact) mass is 149 g/mol. The van der Waals surface area contributed by atoms with Crippen molar-refractivity contribution in [2.75, 3.05) is 13.2 Å². The zero-order valence-electron chi connectivity index (χ0n) is 5.45. The van der Waals surface area contributed by atoms with Crippen LogP contribution in [-0.4, -0.2) is 40.7 Å². The van der Waals surface area contributed by atoms with E-state index in [0.717, 1.165) is 0 Å². The van der Waals surface area contributed by atoms with Gasteiger partial charge in [0.25, 0.3) is 0 Å². The van der Waals surface area contributed by atoms with Crippen LogP contribution in [0, 0.1) is 0 Å². The Balaban J connectivity index is 3.11. The van der Waals surface area contributed by atoms with Crippen molar-refractivity contribution in [2.24, 2.45) is 0 Å². The van der Waals surface area contributed by atoms with E-state index in [9.17, 15) is 4.79 Å². The summed E-state index contributed by atoms with van der Waals surface area (Å²) in [7, 11) is 0. The van der Waals surface area contributed by atoms with E-state index in [1.807, 2.05) is 0 Å². The van der Waals surface area contributed by atoms with Crippen LogP contribution in [0.15, 0.2) is 0 Å². The van der Waals surface area contributed by atoms with Crippen LogP contribution in [0.25, 0.3) is 0 Å². The van der Waals surface area contributed by atoms with Crippen LogP contribution >= 0.6 is 0 Å². The summed E-state index contributed by atoms with van der Waals surface area (Å²) >= 11 is 0. The highest BCUT2D eigenvalue weighted by Gasteiger charge is 2.01. The molecule has 0 aliphatic heterocycles. The Labute approximate surface area is 58.3 Å². The van der Waals surface area contributed by atoms with Gasteiger partial charge in [-0.2, -0.15) is 0 Å². The number of rotatable bonds is 4. The first-order valence-corrected chi connectivity index (χ1v) is 2.92. The topological polar surface area (TPSA) is 89.8 Å². The van der Waals surface area contributed by atoms with Crippen molar-refractivity contribution in [3.63, 3.8) is 0 Å². The van der Waals surface area contributed by atoms with Crippen molar-refractivity contribution < 1.29 is 20.1 Å². The van der Waals surface area contributed by atoms with Crippen molar-refractivity contribution in [3.8, 4) is 0 Å². The minimum absolute atomic E-state index is 0.164. The van der Waals surface area contributed by atoms with Crippen LogP contribution in [0.1, 0.15) is 6.42 Å². The summed E-state index contributed by atoms with van der Waals surface area (Å²) in [6.07, 6.45) is -1.71. The molecule has 0 aromatic carbocycles. The van der Waals surface area contributed by atoms with Gasteiger partial charge in [-0.05, 0) is 6.42 Å². The average molecular weight is 149 g/mol. The van der Waals surface area contributed by atoms with Gasteiger partial charge in [0.1, 0.15) is 0 Å². The van der Waals surface area contributed by atoms with Crippen LogP contribution < -0.4 is 5.32 Å².